The van der Waals surface area contributed by atoms with Gasteiger partial charge in [0.2, 0.25) is 0 Å². The number of rotatable bonds is 4. The van der Waals surface area contributed by atoms with Crippen LogP contribution in [0, 0.1) is 5.92 Å². The van der Waals surface area contributed by atoms with E-state index in [1.54, 1.807) is 18.3 Å². The number of nitrogens with two attached hydrogens (primary N) is 1. The monoisotopic (exact) mass is 261 g/mol. The maximum absolute atomic E-state index is 12.6. The van der Waals surface area contributed by atoms with Gasteiger partial charge in [0.05, 0.1) is 11.9 Å². The van der Waals surface area contributed by atoms with Crippen LogP contribution in [0.4, 0.5) is 5.69 Å². The molecule has 104 valence electrons. The SMILES string of the molecule is CC(C)CN(C(=O)c1ccc(N)cn1)C1CCCC1. The molecule has 2 N–H and O–H groups in total. The van der Waals surface area contributed by atoms with Gasteiger partial charge in [-0.15, -0.1) is 0 Å². The quantitative estimate of drug-likeness (QED) is 0.906. The molecule has 1 amide bonds. The molecule has 1 aliphatic carbocycles. The van der Waals surface area contributed by atoms with Crippen molar-refractivity contribution < 1.29 is 4.79 Å². The van der Waals surface area contributed by atoms with Crippen molar-refractivity contribution in [3.63, 3.8) is 0 Å². The summed E-state index contributed by atoms with van der Waals surface area (Å²) in [5.74, 6) is 0.513. The number of amides is 1. The third-order valence-electron chi connectivity index (χ3n) is 3.59. The van der Waals surface area contributed by atoms with Gasteiger partial charge in [-0.1, -0.05) is 26.7 Å². The number of nitrogens with zero attached hydrogens (tertiary/aromatic N) is 2. The third-order valence-corrected chi connectivity index (χ3v) is 3.59. The summed E-state index contributed by atoms with van der Waals surface area (Å²) in [7, 11) is 0. The second kappa shape index (κ2) is 6.04. The molecule has 1 heterocycles. The lowest BCUT2D eigenvalue weighted by Gasteiger charge is -2.30. The Morgan fingerprint density at radius 2 is 2.11 bits per heavy atom. The van der Waals surface area contributed by atoms with E-state index in [1.807, 2.05) is 4.90 Å². The normalized spacial score (nSPS) is 15.9. The first kappa shape index (κ1) is 13.8. The Bertz CT molecular complexity index is 422. The summed E-state index contributed by atoms with van der Waals surface area (Å²) in [5, 5.41) is 0. The Morgan fingerprint density at radius 3 is 2.63 bits per heavy atom. The molecular weight excluding hydrogens is 238 g/mol. The van der Waals surface area contributed by atoms with Crippen molar-refractivity contribution in [2.45, 2.75) is 45.6 Å². The van der Waals surface area contributed by atoms with Gasteiger partial charge in [-0.05, 0) is 30.9 Å². The number of hydrogen-bond acceptors (Lipinski definition) is 3. The van der Waals surface area contributed by atoms with E-state index in [-0.39, 0.29) is 5.91 Å². The fraction of sp³-hybridized carbons (Fsp3) is 0.600. The van der Waals surface area contributed by atoms with Crippen molar-refractivity contribution in [2.24, 2.45) is 5.92 Å². The van der Waals surface area contributed by atoms with Gasteiger partial charge in [0.1, 0.15) is 5.69 Å². The van der Waals surface area contributed by atoms with Crippen LogP contribution in [0.1, 0.15) is 50.0 Å². The molecule has 0 spiro atoms. The van der Waals surface area contributed by atoms with Crippen LogP contribution in [-0.2, 0) is 0 Å². The Hall–Kier alpha value is -1.58. The van der Waals surface area contributed by atoms with E-state index in [2.05, 4.69) is 18.8 Å². The topological polar surface area (TPSA) is 59.2 Å². The lowest BCUT2D eigenvalue weighted by Crippen LogP contribution is -2.41. The molecule has 1 aromatic rings. The van der Waals surface area contributed by atoms with E-state index in [0.717, 1.165) is 19.4 Å². The lowest BCUT2D eigenvalue weighted by atomic mass is 10.1. The van der Waals surface area contributed by atoms with Gasteiger partial charge in [-0.3, -0.25) is 4.79 Å². The molecule has 1 fully saturated rings. The molecular formula is C15H23N3O. The molecule has 1 aromatic heterocycles. The zero-order valence-electron chi connectivity index (χ0n) is 11.8. The summed E-state index contributed by atoms with van der Waals surface area (Å²) in [6, 6.07) is 3.84. The summed E-state index contributed by atoms with van der Waals surface area (Å²) in [4.78, 5) is 18.8. The molecule has 4 heteroatoms. The van der Waals surface area contributed by atoms with E-state index < -0.39 is 0 Å². The number of carbonyl (C=O) groups is 1. The summed E-state index contributed by atoms with van der Waals surface area (Å²) in [6.45, 7) is 5.09. The van der Waals surface area contributed by atoms with Crippen LogP contribution in [0.15, 0.2) is 18.3 Å². The van der Waals surface area contributed by atoms with Crippen molar-refractivity contribution >= 4 is 11.6 Å². The maximum atomic E-state index is 12.6. The number of carbonyl (C=O) groups excluding carboxylic acids is 1. The van der Waals surface area contributed by atoms with Crippen LogP contribution in [0.25, 0.3) is 0 Å². The number of nitrogen functional groups attached to an aromatic ring is 1. The second-order valence-electron chi connectivity index (χ2n) is 5.77. The van der Waals surface area contributed by atoms with Gasteiger partial charge < -0.3 is 10.6 Å². The lowest BCUT2D eigenvalue weighted by molar-refractivity contribution is 0.0649. The van der Waals surface area contributed by atoms with Gasteiger partial charge in [0, 0.05) is 12.6 Å². The van der Waals surface area contributed by atoms with E-state index in [9.17, 15) is 4.79 Å². The highest BCUT2D eigenvalue weighted by Gasteiger charge is 2.28. The first-order chi connectivity index (χ1) is 9.08. The first-order valence-corrected chi connectivity index (χ1v) is 7.10. The molecule has 0 unspecified atom stereocenters. The zero-order chi connectivity index (χ0) is 13.8. The highest BCUT2D eigenvalue weighted by Crippen LogP contribution is 2.25. The Balaban J connectivity index is 2.16. The molecule has 0 radical (unpaired) electrons. The van der Waals surface area contributed by atoms with Crippen LogP contribution < -0.4 is 5.73 Å². The van der Waals surface area contributed by atoms with E-state index >= 15 is 0 Å². The van der Waals surface area contributed by atoms with E-state index in [1.165, 1.54) is 12.8 Å². The van der Waals surface area contributed by atoms with Gasteiger partial charge in [0.15, 0.2) is 0 Å². The molecule has 0 bridgehead atoms. The molecule has 0 aromatic carbocycles. The highest BCUT2D eigenvalue weighted by atomic mass is 16.2. The van der Waals surface area contributed by atoms with E-state index in [4.69, 9.17) is 5.73 Å². The van der Waals surface area contributed by atoms with Crippen LogP contribution in [-0.4, -0.2) is 28.4 Å². The zero-order valence-corrected chi connectivity index (χ0v) is 11.8. The summed E-state index contributed by atoms with van der Waals surface area (Å²) < 4.78 is 0. The van der Waals surface area contributed by atoms with Gasteiger partial charge in [-0.25, -0.2) is 4.98 Å². The van der Waals surface area contributed by atoms with Crippen LogP contribution >= 0.6 is 0 Å². The Morgan fingerprint density at radius 1 is 1.42 bits per heavy atom. The number of pyridine rings is 1. The summed E-state index contributed by atoms with van der Waals surface area (Å²) in [6.07, 6.45) is 6.24. The van der Waals surface area contributed by atoms with Crippen molar-refractivity contribution in [1.82, 2.24) is 9.88 Å². The van der Waals surface area contributed by atoms with E-state index in [0.29, 0.717) is 23.3 Å². The molecule has 19 heavy (non-hydrogen) atoms. The molecule has 0 saturated heterocycles. The van der Waals surface area contributed by atoms with Crippen molar-refractivity contribution in [3.8, 4) is 0 Å². The minimum absolute atomic E-state index is 0.0422. The highest BCUT2D eigenvalue weighted by molar-refractivity contribution is 5.92. The van der Waals surface area contributed by atoms with Crippen LogP contribution in [0.5, 0.6) is 0 Å². The second-order valence-corrected chi connectivity index (χ2v) is 5.77. The van der Waals surface area contributed by atoms with Gasteiger partial charge in [0.25, 0.3) is 5.91 Å². The van der Waals surface area contributed by atoms with Crippen molar-refractivity contribution in [1.29, 1.82) is 0 Å². The minimum atomic E-state index is 0.0422. The summed E-state index contributed by atoms with van der Waals surface area (Å²) in [5.41, 5.74) is 6.71. The first-order valence-electron chi connectivity index (χ1n) is 7.10. The predicted octanol–water partition coefficient (Wildman–Crippen LogP) is 2.70. The Kier molecular flexibility index (Phi) is 4.40. The van der Waals surface area contributed by atoms with Crippen LogP contribution in [0.2, 0.25) is 0 Å². The molecule has 4 nitrogen and oxygen atoms in total. The molecule has 2 rings (SSSR count). The van der Waals surface area contributed by atoms with Crippen LogP contribution in [0.3, 0.4) is 0 Å². The molecule has 1 aliphatic rings. The fourth-order valence-corrected chi connectivity index (χ4v) is 2.69. The Labute approximate surface area is 115 Å². The fourth-order valence-electron chi connectivity index (χ4n) is 2.69. The summed E-state index contributed by atoms with van der Waals surface area (Å²) >= 11 is 0. The molecule has 1 saturated carbocycles. The smallest absolute Gasteiger partial charge is 0.272 e. The number of hydrogen-bond donors (Lipinski definition) is 1. The average molecular weight is 261 g/mol. The standard InChI is InChI=1S/C15H23N3O/c1-11(2)10-18(13-5-3-4-6-13)15(19)14-8-7-12(16)9-17-14/h7-9,11,13H,3-6,10,16H2,1-2H3. The minimum Gasteiger partial charge on any atom is -0.397 e. The van der Waals surface area contributed by atoms with Gasteiger partial charge in [-0.2, -0.15) is 0 Å². The van der Waals surface area contributed by atoms with Crippen molar-refractivity contribution in [2.75, 3.05) is 12.3 Å². The number of anilines is 1. The number of aromatic nitrogens is 1. The predicted molar refractivity (Wildman–Crippen MR) is 76.8 cm³/mol. The van der Waals surface area contributed by atoms with Gasteiger partial charge >= 0.3 is 0 Å². The van der Waals surface area contributed by atoms with Crippen molar-refractivity contribution in [3.05, 3.63) is 24.0 Å². The molecule has 0 aliphatic heterocycles. The largest absolute Gasteiger partial charge is 0.397 e. The third kappa shape index (κ3) is 3.46. The maximum Gasteiger partial charge on any atom is 0.272 e. The molecule has 0 atom stereocenters. The average Bonchev–Trinajstić information content (AvgIpc) is 2.89.